The van der Waals surface area contributed by atoms with Gasteiger partial charge in [0.25, 0.3) is 5.91 Å². The number of hydrogen-bond acceptors (Lipinski definition) is 4. The van der Waals surface area contributed by atoms with Gasteiger partial charge in [0, 0.05) is 23.7 Å². The fourth-order valence-electron chi connectivity index (χ4n) is 4.34. The van der Waals surface area contributed by atoms with Gasteiger partial charge in [-0.3, -0.25) is 9.69 Å². The quantitative estimate of drug-likeness (QED) is 0.591. The minimum Gasteiger partial charge on any atom is -0.444 e. The standard InChI is InChI=1S/C24H24F3N3O2/c1-30-12-2-3-19(22(30)17-8-10-20(11-9-17)24(25,26)27)13-29-23(31)18-6-4-16(5-7-18)21-14-28-15-32-21/h4-11,14-15,19,22H,2-3,12-13H2,1H3,(H,29,31). The first kappa shape index (κ1) is 22.1. The molecule has 1 aromatic heterocycles. The van der Waals surface area contributed by atoms with Crippen LogP contribution in [0.2, 0.25) is 0 Å². The molecule has 168 valence electrons. The highest BCUT2D eigenvalue weighted by Gasteiger charge is 2.33. The van der Waals surface area contributed by atoms with Crippen LogP contribution in [-0.2, 0) is 6.18 Å². The normalized spacial score (nSPS) is 19.6. The molecule has 0 aliphatic carbocycles. The Morgan fingerprint density at radius 1 is 1.16 bits per heavy atom. The Morgan fingerprint density at radius 2 is 1.88 bits per heavy atom. The lowest BCUT2D eigenvalue weighted by Crippen LogP contribution is -2.41. The smallest absolute Gasteiger partial charge is 0.416 e. The molecule has 3 aromatic rings. The second-order valence-corrected chi connectivity index (χ2v) is 8.10. The largest absolute Gasteiger partial charge is 0.444 e. The van der Waals surface area contributed by atoms with E-state index in [0.717, 1.165) is 42.6 Å². The number of nitrogens with one attached hydrogen (secondary N) is 1. The summed E-state index contributed by atoms with van der Waals surface area (Å²) in [7, 11) is 1.97. The highest BCUT2D eigenvalue weighted by molar-refractivity contribution is 5.94. The molecule has 0 saturated carbocycles. The first-order valence-corrected chi connectivity index (χ1v) is 10.5. The van der Waals surface area contributed by atoms with Crippen molar-refractivity contribution in [3.63, 3.8) is 0 Å². The van der Waals surface area contributed by atoms with E-state index in [9.17, 15) is 18.0 Å². The molecule has 2 heterocycles. The number of carbonyl (C=O) groups is 1. The van der Waals surface area contributed by atoms with E-state index in [1.807, 2.05) is 7.05 Å². The van der Waals surface area contributed by atoms with Crippen molar-refractivity contribution in [2.75, 3.05) is 20.1 Å². The summed E-state index contributed by atoms with van der Waals surface area (Å²) in [4.78, 5) is 18.7. The van der Waals surface area contributed by atoms with Crippen molar-refractivity contribution >= 4 is 5.91 Å². The fraction of sp³-hybridized carbons (Fsp3) is 0.333. The number of alkyl halides is 3. The van der Waals surface area contributed by atoms with E-state index in [1.54, 1.807) is 42.6 Å². The van der Waals surface area contributed by atoms with Crippen LogP contribution < -0.4 is 5.32 Å². The molecule has 8 heteroatoms. The van der Waals surface area contributed by atoms with Crippen LogP contribution in [0.25, 0.3) is 11.3 Å². The number of rotatable bonds is 5. The van der Waals surface area contributed by atoms with Crippen LogP contribution in [0.15, 0.2) is 65.5 Å². The third-order valence-electron chi connectivity index (χ3n) is 5.98. The van der Waals surface area contributed by atoms with Gasteiger partial charge in [-0.25, -0.2) is 4.98 Å². The SMILES string of the molecule is CN1CCCC(CNC(=O)c2ccc(-c3cnco3)cc2)C1c1ccc(C(F)(F)F)cc1. The zero-order valence-electron chi connectivity index (χ0n) is 17.6. The number of likely N-dealkylation sites (tertiary alicyclic amines) is 1. The average molecular weight is 443 g/mol. The number of amides is 1. The molecule has 1 aliphatic rings. The Morgan fingerprint density at radius 3 is 2.50 bits per heavy atom. The van der Waals surface area contributed by atoms with E-state index in [4.69, 9.17) is 4.42 Å². The van der Waals surface area contributed by atoms with E-state index in [2.05, 4.69) is 15.2 Å². The lowest BCUT2D eigenvalue weighted by Gasteiger charge is -2.39. The van der Waals surface area contributed by atoms with Gasteiger partial charge in [0.05, 0.1) is 11.8 Å². The van der Waals surface area contributed by atoms with Gasteiger partial charge < -0.3 is 9.73 Å². The Hall–Kier alpha value is -3.13. The first-order chi connectivity index (χ1) is 15.3. The van der Waals surface area contributed by atoms with Crippen molar-refractivity contribution in [2.24, 2.45) is 5.92 Å². The van der Waals surface area contributed by atoms with Gasteiger partial charge in [0.1, 0.15) is 0 Å². The minimum atomic E-state index is -4.35. The maximum atomic E-state index is 12.9. The highest BCUT2D eigenvalue weighted by atomic mass is 19.4. The average Bonchev–Trinajstić information content (AvgIpc) is 3.32. The van der Waals surface area contributed by atoms with Crippen LogP contribution >= 0.6 is 0 Å². The summed E-state index contributed by atoms with van der Waals surface area (Å²) in [6, 6.07) is 12.4. The summed E-state index contributed by atoms with van der Waals surface area (Å²) in [6.45, 7) is 1.30. The molecule has 2 aromatic carbocycles. The van der Waals surface area contributed by atoms with E-state index in [1.165, 1.54) is 6.39 Å². The Balaban J connectivity index is 1.43. The summed E-state index contributed by atoms with van der Waals surface area (Å²) in [5.41, 5.74) is 1.54. The van der Waals surface area contributed by atoms with Crippen LogP contribution in [0.5, 0.6) is 0 Å². The van der Waals surface area contributed by atoms with Gasteiger partial charge in [0.2, 0.25) is 0 Å². The summed E-state index contributed by atoms with van der Waals surface area (Å²) in [5, 5.41) is 3.00. The third-order valence-corrected chi connectivity index (χ3v) is 5.98. The van der Waals surface area contributed by atoms with Crippen LogP contribution in [0.1, 0.15) is 40.4 Å². The number of benzene rings is 2. The second-order valence-electron chi connectivity index (χ2n) is 8.10. The van der Waals surface area contributed by atoms with Gasteiger partial charge in [-0.2, -0.15) is 13.2 Å². The zero-order chi connectivity index (χ0) is 22.7. The molecule has 1 aliphatic heterocycles. The van der Waals surface area contributed by atoms with Crippen LogP contribution in [0, 0.1) is 5.92 Å². The molecule has 0 spiro atoms. The van der Waals surface area contributed by atoms with Crippen molar-refractivity contribution in [3.8, 4) is 11.3 Å². The summed E-state index contributed by atoms with van der Waals surface area (Å²) in [6.07, 6.45) is 0.467. The number of nitrogens with zero attached hydrogens (tertiary/aromatic N) is 2. The molecular weight excluding hydrogens is 419 g/mol. The number of aromatic nitrogens is 1. The van der Waals surface area contributed by atoms with Crippen molar-refractivity contribution in [2.45, 2.75) is 25.1 Å². The van der Waals surface area contributed by atoms with Crippen molar-refractivity contribution in [1.82, 2.24) is 15.2 Å². The van der Waals surface area contributed by atoms with E-state index >= 15 is 0 Å². The number of piperidine rings is 1. The topological polar surface area (TPSA) is 58.4 Å². The van der Waals surface area contributed by atoms with E-state index < -0.39 is 11.7 Å². The zero-order valence-corrected chi connectivity index (χ0v) is 17.6. The van der Waals surface area contributed by atoms with Crippen molar-refractivity contribution < 1.29 is 22.4 Å². The Labute approximate surface area is 184 Å². The van der Waals surface area contributed by atoms with Gasteiger partial charge in [-0.15, -0.1) is 0 Å². The third kappa shape index (κ3) is 4.85. The molecular formula is C24H24F3N3O2. The second kappa shape index (κ2) is 9.16. The number of halogens is 3. The molecule has 0 bridgehead atoms. The molecule has 4 rings (SSSR count). The van der Waals surface area contributed by atoms with Crippen LogP contribution in [-0.4, -0.2) is 35.9 Å². The van der Waals surface area contributed by atoms with Crippen molar-refractivity contribution in [3.05, 3.63) is 77.8 Å². The van der Waals surface area contributed by atoms with E-state index in [-0.39, 0.29) is 17.9 Å². The molecule has 1 fully saturated rings. The lowest BCUT2D eigenvalue weighted by molar-refractivity contribution is -0.137. The first-order valence-electron chi connectivity index (χ1n) is 10.5. The highest BCUT2D eigenvalue weighted by Crippen LogP contribution is 2.36. The fourth-order valence-corrected chi connectivity index (χ4v) is 4.34. The van der Waals surface area contributed by atoms with Gasteiger partial charge >= 0.3 is 6.18 Å². The van der Waals surface area contributed by atoms with Gasteiger partial charge in [-0.1, -0.05) is 24.3 Å². The predicted octanol–water partition coefficient (Wildman–Crippen LogP) is 5.17. The summed E-state index contributed by atoms with van der Waals surface area (Å²) in [5.74, 6) is 0.540. The molecule has 1 saturated heterocycles. The Kier molecular flexibility index (Phi) is 6.32. The number of oxazole rings is 1. The molecule has 1 N–H and O–H groups in total. The minimum absolute atomic E-state index is 0.0554. The molecule has 2 atom stereocenters. The van der Waals surface area contributed by atoms with Crippen LogP contribution in [0.4, 0.5) is 13.2 Å². The summed E-state index contributed by atoms with van der Waals surface area (Å²) >= 11 is 0. The van der Waals surface area contributed by atoms with Gasteiger partial charge in [0.15, 0.2) is 12.2 Å². The summed E-state index contributed by atoms with van der Waals surface area (Å²) < 4.78 is 44.0. The van der Waals surface area contributed by atoms with Crippen LogP contribution in [0.3, 0.4) is 0 Å². The molecule has 5 nitrogen and oxygen atoms in total. The maximum Gasteiger partial charge on any atom is 0.416 e. The van der Waals surface area contributed by atoms with Gasteiger partial charge in [-0.05, 0) is 62.2 Å². The lowest BCUT2D eigenvalue weighted by atomic mass is 9.84. The Bertz CT molecular complexity index is 1030. The monoisotopic (exact) mass is 443 g/mol. The maximum absolute atomic E-state index is 12.9. The molecule has 2 unspecified atom stereocenters. The molecule has 1 amide bonds. The number of hydrogen-bond donors (Lipinski definition) is 1. The predicted molar refractivity (Wildman–Crippen MR) is 114 cm³/mol. The van der Waals surface area contributed by atoms with E-state index in [0.29, 0.717) is 17.9 Å². The number of carbonyl (C=O) groups excluding carboxylic acids is 1. The van der Waals surface area contributed by atoms with Crippen molar-refractivity contribution in [1.29, 1.82) is 0 Å². The molecule has 32 heavy (non-hydrogen) atoms. The molecule has 0 radical (unpaired) electrons.